The third kappa shape index (κ3) is 4.12. The molecule has 0 atom stereocenters. The molecule has 0 saturated heterocycles. The van der Waals surface area contributed by atoms with Gasteiger partial charge < -0.3 is 14.9 Å². The van der Waals surface area contributed by atoms with Crippen LogP contribution in [-0.4, -0.2) is 54.2 Å². The molecule has 0 aromatic carbocycles. The summed E-state index contributed by atoms with van der Waals surface area (Å²) in [5.41, 5.74) is 0. The van der Waals surface area contributed by atoms with Crippen LogP contribution >= 0.6 is 0 Å². The van der Waals surface area contributed by atoms with E-state index >= 15 is 0 Å². The largest absolute Gasteiger partial charge is 0.395 e. The molecule has 0 aromatic heterocycles. The smallest absolute Gasteiger partial charge is 0.319 e. The van der Waals surface area contributed by atoms with E-state index in [9.17, 15) is 4.79 Å². The van der Waals surface area contributed by atoms with E-state index < -0.39 is 0 Å². The van der Waals surface area contributed by atoms with Crippen LogP contribution in [0.15, 0.2) is 0 Å². The van der Waals surface area contributed by atoms with Gasteiger partial charge in [-0.1, -0.05) is 6.92 Å². The van der Waals surface area contributed by atoms with E-state index in [2.05, 4.69) is 0 Å². The van der Waals surface area contributed by atoms with Gasteiger partial charge in [-0.3, -0.25) is 0 Å². The highest BCUT2D eigenvalue weighted by Gasteiger charge is 2.14. The average molecular weight is 188 g/mol. The molecule has 4 nitrogen and oxygen atoms in total. The lowest BCUT2D eigenvalue weighted by molar-refractivity contribution is 0.149. The van der Waals surface area contributed by atoms with Gasteiger partial charge in [0, 0.05) is 26.7 Å². The van der Waals surface area contributed by atoms with Gasteiger partial charge in [-0.2, -0.15) is 0 Å². The molecule has 0 heterocycles. The molecule has 0 aliphatic rings. The number of nitrogens with zero attached hydrogens (tertiary/aromatic N) is 2. The molecule has 0 radical (unpaired) electrons. The summed E-state index contributed by atoms with van der Waals surface area (Å²) in [7, 11) is 1.77. The van der Waals surface area contributed by atoms with Gasteiger partial charge in [-0.25, -0.2) is 4.79 Å². The summed E-state index contributed by atoms with van der Waals surface area (Å²) in [5.74, 6) is 0. The van der Waals surface area contributed by atoms with E-state index in [1.165, 1.54) is 0 Å². The van der Waals surface area contributed by atoms with Crippen molar-refractivity contribution < 1.29 is 9.90 Å². The first-order valence-corrected chi connectivity index (χ1v) is 4.78. The number of rotatable bonds is 5. The maximum atomic E-state index is 11.6. The lowest BCUT2D eigenvalue weighted by Crippen LogP contribution is -2.42. The molecule has 13 heavy (non-hydrogen) atoms. The lowest BCUT2D eigenvalue weighted by Gasteiger charge is -2.26. The maximum absolute atomic E-state index is 11.6. The monoisotopic (exact) mass is 188 g/mol. The summed E-state index contributed by atoms with van der Waals surface area (Å²) < 4.78 is 0. The van der Waals surface area contributed by atoms with E-state index in [-0.39, 0.29) is 12.6 Å². The molecule has 2 amide bonds. The molecule has 0 rings (SSSR count). The second-order valence-corrected chi connectivity index (χ2v) is 3.01. The van der Waals surface area contributed by atoms with Crippen molar-refractivity contribution in [3.05, 3.63) is 0 Å². The number of aliphatic hydroxyl groups excluding tert-OH is 1. The highest BCUT2D eigenvalue weighted by molar-refractivity contribution is 5.74. The Labute approximate surface area is 80.1 Å². The minimum absolute atomic E-state index is 0.00148. The molecule has 0 unspecified atom stereocenters. The van der Waals surface area contributed by atoms with E-state index in [0.717, 1.165) is 6.42 Å². The van der Waals surface area contributed by atoms with Crippen molar-refractivity contribution in [2.75, 3.05) is 33.3 Å². The summed E-state index contributed by atoms with van der Waals surface area (Å²) in [5, 5.41) is 8.75. The second-order valence-electron chi connectivity index (χ2n) is 3.01. The standard InChI is InChI=1S/C9H20N2O2/c1-4-6-11(7-8-12)9(13)10(3)5-2/h12H,4-8H2,1-3H3. The van der Waals surface area contributed by atoms with Crippen LogP contribution in [0, 0.1) is 0 Å². The van der Waals surface area contributed by atoms with Gasteiger partial charge in [-0.05, 0) is 13.3 Å². The third-order valence-corrected chi connectivity index (χ3v) is 1.93. The molecule has 0 bridgehead atoms. The summed E-state index contributed by atoms with van der Waals surface area (Å²) in [4.78, 5) is 14.9. The number of urea groups is 1. The van der Waals surface area contributed by atoms with Gasteiger partial charge in [0.15, 0.2) is 0 Å². The Morgan fingerprint density at radius 2 is 1.92 bits per heavy atom. The normalized spacial score (nSPS) is 9.85. The molecule has 0 aliphatic heterocycles. The number of hydrogen-bond acceptors (Lipinski definition) is 2. The van der Waals surface area contributed by atoms with Crippen molar-refractivity contribution in [3.63, 3.8) is 0 Å². The van der Waals surface area contributed by atoms with Crippen LogP contribution in [0.2, 0.25) is 0 Å². The fourth-order valence-corrected chi connectivity index (χ4v) is 1.07. The van der Waals surface area contributed by atoms with Crippen molar-refractivity contribution in [2.24, 2.45) is 0 Å². The summed E-state index contributed by atoms with van der Waals surface area (Å²) in [6.45, 7) is 5.82. The van der Waals surface area contributed by atoms with Crippen LogP contribution < -0.4 is 0 Å². The first-order chi connectivity index (χ1) is 6.17. The number of aliphatic hydroxyl groups is 1. The van der Waals surface area contributed by atoms with Crippen molar-refractivity contribution in [2.45, 2.75) is 20.3 Å². The third-order valence-electron chi connectivity index (χ3n) is 1.93. The molecule has 0 aliphatic carbocycles. The summed E-state index contributed by atoms with van der Waals surface area (Å²) in [6, 6.07) is -0.00148. The van der Waals surface area contributed by atoms with Gasteiger partial charge in [0.2, 0.25) is 0 Å². The zero-order chi connectivity index (χ0) is 10.3. The topological polar surface area (TPSA) is 43.8 Å². The summed E-state index contributed by atoms with van der Waals surface area (Å²) in [6.07, 6.45) is 0.920. The zero-order valence-corrected chi connectivity index (χ0v) is 8.79. The van der Waals surface area contributed by atoms with Crippen molar-refractivity contribution in [3.8, 4) is 0 Å². The predicted molar refractivity (Wildman–Crippen MR) is 52.6 cm³/mol. The zero-order valence-electron chi connectivity index (χ0n) is 8.79. The second kappa shape index (κ2) is 6.71. The van der Waals surface area contributed by atoms with Gasteiger partial charge in [0.1, 0.15) is 0 Å². The number of carbonyl (C=O) groups is 1. The minimum Gasteiger partial charge on any atom is -0.395 e. The van der Waals surface area contributed by atoms with Crippen LogP contribution in [0.5, 0.6) is 0 Å². The Morgan fingerprint density at radius 3 is 2.31 bits per heavy atom. The molecule has 0 saturated carbocycles. The van der Waals surface area contributed by atoms with Gasteiger partial charge >= 0.3 is 6.03 Å². The maximum Gasteiger partial charge on any atom is 0.319 e. The fourth-order valence-electron chi connectivity index (χ4n) is 1.07. The predicted octanol–water partition coefficient (Wildman–Crippen LogP) is 0.762. The molecular weight excluding hydrogens is 168 g/mol. The van der Waals surface area contributed by atoms with E-state index in [1.807, 2.05) is 13.8 Å². The Morgan fingerprint density at radius 1 is 1.31 bits per heavy atom. The van der Waals surface area contributed by atoms with Crippen molar-refractivity contribution in [1.29, 1.82) is 0 Å². The number of hydrogen-bond donors (Lipinski definition) is 1. The molecule has 78 valence electrons. The quantitative estimate of drug-likeness (QED) is 0.692. The van der Waals surface area contributed by atoms with Crippen molar-refractivity contribution in [1.82, 2.24) is 9.80 Å². The Kier molecular flexibility index (Phi) is 6.32. The van der Waals surface area contributed by atoms with E-state index in [0.29, 0.717) is 19.6 Å². The fraction of sp³-hybridized carbons (Fsp3) is 0.889. The molecule has 0 spiro atoms. The van der Waals surface area contributed by atoms with Crippen LogP contribution in [0.4, 0.5) is 4.79 Å². The lowest BCUT2D eigenvalue weighted by atomic mass is 10.4. The highest BCUT2D eigenvalue weighted by Crippen LogP contribution is 1.97. The van der Waals surface area contributed by atoms with Crippen LogP contribution in [0.3, 0.4) is 0 Å². The Bertz CT molecular complexity index is 145. The van der Waals surface area contributed by atoms with Gasteiger partial charge in [0.05, 0.1) is 6.61 Å². The first-order valence-electron chi connectivity index (χ1n) is 4.78. The van der Waals surface area contributed by atoms with Crippen LogP contribution in [0.25, 0.3) is 0 Å². The van der Waals surface area contributed by atoms with Crippen LogP contribution in [0.1, 0.15) is 20.3 Å². The Hall–Kier alpha value is -0.770. The number of amides is 2. The highest BCUT2D eigenvalue weighted by atomic mass is 16.3. The molecular formula is C9H20N2O2. The molecule has 0 aromatic rings. The van der Waals surface area contributed by atoms with Gasteiger partial charge in [0.25, 0.3) is 0 Å². The minimum atomic E-state index is -0.00148. The van der Waals surface area contributed by atoms with Crippen molar-refractivity contribution >= 4 is 6.03 Å². The summed E-state index contributed by atoms with van der Waals surface area (Å²) >= 11 is 0. The average Bonchev–Trinajstić information content (AvgIpc) is 2.15. The Balaban J connectivity index is 4.09. The van der Waals surface area contributed by atoms with E-state index in [4.69, 9.17) is 5.11 Å². The SMILES string of the molecule is CCCN(CCO)C(=O)N(C)CC. The molecule has 0 fully saturated rings. The first kappa shape index (κ1) is 12.2. The van der Waals surface area contributed by atoms with E-state index in [1.54, 1.807) is 16.8 Å². The molecule has 4 heteroatoms. The number of carbonyl (C=O) groups excluding carboxylic acids is 1. The van der Waals surface area contributed by atoms with Gasteiger partial charge in [-0.15, -0.1) is 0 Å². The molecule has 1 N–H and O–H groups in total. The van der Waals surface area contributed by atoms with Crippen LogP contribution in [-0.2, 0) is 0 Å².